The number of hydrogen-bond donors (Lipinski definition) is 1. The lowest BCUT2D eigenvalue weighted by atomic mass is 10.1. The highest BCUT2D eigenvalue weighted by Gasteiger charge is 2.01. The fourth-order valence-corrected chi connectivity index (χ4v) is 0.331. The van der Waals surface area contributed by atoms with E-state index in [1.807, 2.05) is 13.8 Å². The molecule has 3 nitrogen and oxygen atoms in total. The summed E-state index contributed by atoms with van der Waals surface area (Å²) in [5.41, 5.74) is 0. The molecule has 1 unspecified atom stereocenters. The van der Waals surface area contributed by atoms with E-state index < -0.39 is 6.16 Å². The monoisotopic (exact) mass is 192 g/mol. The molecule has 0 aromatic rings. The van der Waals surface area contributed by atoms with Crippen LogP contribution in [0, 0.1) is 5.92 Å². The van der Waals surface area contributed by atoms with E-state index in [0.717, 1.165) is 6.42 Å². The van der Waals surface area contributed by atoms with Crippen molar-refractivity contribution in [3.63, 3.8) is 0 Å². The predicted octanol–water partition coefficient (Wildman–Crippen LogP) is 2.18. The summed E-state index contributed by atoms with van der Waals surface area (Å²) in [5, 5.41) is 8.04. The van der Waals surface area contributed by atoms with Crippen LogP contribution in [0.25, 0.3) is 0 Å². The number of carbonyl (C=O) groups is 1. The third kappa shape index (κ3) is 16.0. The van der Waals surface area contributed by atoms with Gasteiger partial charge in [-0.2, -0.15) is 0 Å². The molecule has 0 fully saturated rings. The van der Waals surface area contributed by atoms with Gasteiger partial charge in [-0.15, -0.1) is 0 Å². The minimum Gasteiger partial charge on any atom is -0.450 e. The van der Waals surface area contributed by atoms with Gasteiger partial charge < -0.3 is 9.84 Å². The molecule has 0 aromatic heterocycles. The number of ether oxygens (including phenoxy) is 1. The molecule has 0 rings (SSSR count). The second-order valence-corrected chi connectivity index (χ2v) is 2.09. The Labute approximate surface area is 68.8 Å². The van der Waals surface area contributed by atoms with Crippen molar-refractivity contribution in [2.45, 2.75) is 20.3 Å². The molecule has 0 saturated heterocycles. The zero-order chi connectivity index (χ0) is 7.28. The molecule has 0 spiro atoms. The van der Waals surface area contributed by atoms with E-state index in [1.54, 1.807) is 0 Å². The molecular weight excluding hydrogens is 177 g/mol. The minimum absolute atomic E-state index is 0. The normalized spacial score (nSPS) is 9.50. The maximum absolute atomic E-state index is 9.80. The minimum atomic E-state index is -1.18. The van der Waals surface area contributed by atoms with E-state index in [1.165, 1.54) is 0 Å². The van der Waals surface area contributed by atoms with Crippen LogP contribution in [0.2, 0.25) is 0 Å². The van der Waals surface area contributed by atoms with Gasteiger partial charge in [-0.3, -0.25) is 14.1 Å². The van der Waals surface area contributed by atoms with Gasteiger partial charge in [0.1, 0.15) is 0 Å². The molecule has 0 heterocycles. The van der Waals surface area contributed by atoms with E-state index in [-0.39, 0.29) is 14.1 Å². The van der Waals surface area contributed by atoms with E-state index in [9.17, 15) is 4.79 Å². The van der Waals surface area contributed by atoms with Crippen LogP contribution in [-0.2, 0) is 4.74 Å². The van der Waals surface area contributed by atoms with Crippen molar-refractivity contribution >= 4 is 6.16 Å². The molecule has 1 atom stereocenters. The summed E-state index contributed by atoms with van der Waals surface area (Å²) in [6, 6.07) is 0. The van der Waals surface area contributed by atoms with Crippen molar-refractivity contribution < 1.29 is 28.8 Å². The molecular formula is C6H15F3O3. The molecule has 0 saturated carbocycles. The highest BCUT2D eigenvalue weighted by atomic mass is 19.0. The van der Waals surface area contributed by atoms with E-state index in [0.29, 0.717) is 12.5 Å². The summed E-state index contributed by atoms with van der Waals surface area (Å²) >= 11 is 0. The second-order valence-electron chi connectivity index (χ2n) is 2.09. The van der Waals surface area contributed by atoms with E-state index in [2.05, 4.69) is 4.74 Å². The highest BCUT2D eigenvalue weighted by Crippen LogP contribution is 1.99. The molecule has 0 amide bonds. The molecule has 0 bridgehead atoms. The molecule has 0 aliphatic carbocycles. The first-order valence-corrected chi connectivity index (χ1v) is 3.02. The Morgan fingerprint density at radius 3 is 2.08 bits per heavy atom. The van der Waals surface area contributed by atoms with Crippen LogP contribution in [0.4, 0.5) is 18.9 Å². The molecule has 0 aliphatic heterocycles. The third-order valence-electron chi connectivity index (χ3n) is 1.19. The van der Waals surface area contributed by atoms with E-state index in [4.69, 9.17) is 5.11 Å². The molecule has 78 valence electrons. The molecule has 0 aromatic carbocycles. The first-order valence-electron chi connectivity index (χ1n) is 3.02. The topological polar surface area (TPSA) is 46.5 Å². The quantitative estimate of drug-likeness (QED) is 0.697. The van der Waals surface area contributed by atoms with Crippen molar-refractivity contribution in [3.8, 4) is 0 Å². The van der Waals surface area contributed by atoms with Crippen LogP contribution >= 0.6 is 0 Å². The summed E-state index contributed by atoms with van der Waals surface area (Å²) in [5.74, 6) is 0.334. The van der Waals surface area contributed by atoms with Crippen LogP contribution < -0.4 is 0 Å². The number of halogens is 3. The lowest BCUT2D eigenvalue weighted by Gasteiger charge is -2.05. The largest absolute Gasteiger partial charge is 0.505 e. The Morgan fingerprint density at radius 2 is 1.83 bits per heavy atom. The summed E-state index contributed by atoms with van der Waals surface area (Å²) in [4.78, 5) is 9.80. The lowest BCUT2D eigenvalue weighted by Crippen LogP contribution is -2.08. The van der Waals surface area contributed by atoms with Gasteiger partial charge in [0, 0.05) is 0 Å². The summed E-state index contributed by atoms with van der Waals surface area (Å²) in [6.45, 7) is 4.25. The van der Waals surface area contributed by atoms with Crippen molar-refractivity contribution in [3.05, 3.63) is 0 Å². The average molecular weight is 192 g/mol. The van der Waals surface area contributed by atoms with Crippen LogP contribution in [0.1, 0.15) is 20.3 Å². The maximum Gasteiger partial charge on any atom is 0.505 e. The van der Waals surface area contributed by atoms with Crippen LogP contribution in [0.3, 0.4) is 0 Å². The number of hydrogen-bond acceptors (Lipinski definition) is 2. The summed E-state index contributed by atoms with van der Waals surface area (Å²) in [7, 11) is 0. The lowest BCUT2D eigenvalue weighted by molar-refractivity contribution is 0.0787. The second kappa shape index (κ2) is 12.7. The maximum atomic E-state index is 9.80. The third-order valence-corrected chi connectivity index (χ3v) is 1.19. The van der Waals surface area contributed by atoms with Gasteiger partial charge in [0.2, 0.25) is 0 Å². The predicted molar refractivity (Wildman–Crippen MR) is 40.9 cm³/mol. The molecule has 1 N–H and O–H groups in total. The fraction of sp³-hybridized carbons (Fsp3) is 0.833. The average Bonchev–Trinajstić information content (AvgIpc) is 1.83. The van der Waals surface area contributed by atoms with Crippen molar-refractivity contribution in [2.75, 3.05) is 6.61 Å². The van der Waals surface area contributed by atoms with Crippen LogP contribution in [0.5, 0.6) is 0 Å². The zero-order valence-electron chi connectivity index (χ0n) is 6.98. The fourth-order valence-electron chi connectivity index (χ4n) is 0.331. The number of rotatable bonds is 3. The van der Waals surface area contributed by atoms with Gasteiger partial charge in [0.15, 0.2) is 0 Å². The molecule has 0 radical (unpaired) electrons. The van der Waals surface area contributed by atoms with Crippen molar-refractivity contribution in [1.29, 1.82) is 0 Å². The Balaban J connectivity index is -0.000000107. The summed E-state index contributed by atoms with van der Waals surface area (Å²) < 4.78 is 4.31. The van der Waals surface area contributed by atoms with Gasteiger partial charge in [0.25, 0.3) is 0 Å². The number of carboxylic acid groups (broad SMARTS) is 1. The standard InChI is InChI=1S/C6H12O3.3FH/c1-3-5(2)4-9-6(7)8;;;/h5H,3-4H2,1-2H3,(H,7,8);3*1H. The van der Waals surface area contributed by atoms with Gasteiger partial charge in [-0.25, -0.2) is 4.79 Å². The zero-order valence-corrected chi connectivity index (χ0v) is 6.98. The van der Waals surface area contributed by atoms with Gasteiger partial charge in [0.05, 0.1) is 6.61 Å². The van der Waals surface area contributed by atoms with Crippen LogP contribution in [-0.4, -0.2) is 17.9 Å². The van der Waals surface area contributed by atoms with Crippen molar-refractivity contribution in [2.24, 2.45) is 5.92 Å². The van der Waals surface area contributed by atoms with Crippen molar-refractivity contribution in [1.82, 2.24) is 0 Å². The first kappa shape index (κ1) is 22.5. The van der Waals surface area contributed by atoms with Gasteiger partial charge >= 0.3 is 6.16 Å². The van der Waals surface area contributed by atoms with Gasteiger partial charge in [-0.05, 0) is 5.92 Å². The van der Waals surface area contributed by atoms with Crippen LogP contribution in [0.15, 0.2) is 0 Å². The SMILES string of the molecule is CCC(C)COC(=O)O.F.F.F. The Kier molecular flexibility index (Phi) is 23.8. The first-order chi connectivity index (χ1) is 4.16. The summed E-state index contributed by atoms with van der Waals surface area (Å²) in [6.07, 6.45) is -0.233. The Hall–Kier alpha value is -0.940. The van der Waals surface area contributed by atoms with E-state index >= 15 is 0 Å². The van der Waals surface area contributed by atoms with Gasteiger partial charge in [-0.1, -0.05) is 20.3 Å². The molecule has 0 aliphatic rings. The Bertz CT molecular complexity index is 100. The smallest absolute Gasteiger partial charge is 0.450 e. The Morgan fingerprint density at radius 1 is 1.42 bits per heavy atom. The highest BCUT2D eigenvalue weighted by molar-refractivity contribution is 5.56. The molecule has 6 heteroatoms. The molecule has 12 heavy (non-hydrogen) atoms.